The zero-order valence-corrected chi connectivity index (χ0v) is 14.3. The zero-order valence-electron chi connectivity index (χ0n) is 14.3. The van der Waals surface area contributed by atoms with E-state index in [0.29, 0.717) is 6.61 Å². The van der Waals surface area contributed by atoms with Gasteiger partial charge in [-0.25, -0.2) is 0 Å². The van der Waals surface area contributed by atoms with E-state index in [1.807, 2.05) is 32.2 Å². The molecule has 1 aromatic rings. The summed E-state index contributed by atoms with van der Waals surface area (Å²) in [7, 11) is 5.30. The van der Waals surface area contributed by atoms with Crippen molar-refractivity contribution in [3.63, 3.8) is 0 Å². The first-order valence-corrected chi connectivity index (χ1v) is 7.39. The smallest absolute Gasteiger partial charge is 0.124 e. The fraction of sp³-hybridized carbons (Fsp3) is 0.647. The third-order valence-electron chi connectivity index (χ3n) is 3.59. The first-order valence-electron chi connectivity index (χ1n) is 7.39. The highest BCUT2D eigenvalue weighted by Gasteiger charge is 2.34. The maximum absolute atomic E-state index is 6.03. The molecular formula is C17H29NO3. The molecule has 2 unspecified atom stereocenters. The molecule has 4 heteroatoms. The Bertz CT molecular complexity index is 440. The van der Waals surface area contributed by atoms with Gasteiger partial charge in [0.1, 0.15) is 11.5 Å². The summed E-state index contributed by atoms with van der Waals surface area (Å²) in [4.78, 5) is 0. The molecule has 0 aliphatic rings. The topological polar surface area (TPSA) is 39.7 Å². The van der Waals surface area contributed by atoms with E-state index in [2.05, 4.69) is 26.1 Å². The van der Waals surface area contributed by atoms with Gasteiger partial charge in [-0.2, -0.15) is 0 Å². The minimum absolute atomic E-state index is 0.00221. The summed E-state index contributed by atoms with van der Waals surface area (Å²) in [5, 5.41) is 3.38. The second-order valence-corrected chi connectivity index (χ2v) is 6.12. The van der Waals surface area contributed by atoms with E-state index >= 15 is 0 Å². The molecule has 1 aromatic carbocycles. The van der Waals surface area contributed by atoms with Crippen LogP contribution in [0.3, 0.4) is 0 Å². The molecule has 0 aliphatic carbocycles. The molecule has 0 spiro atoms. The molecule has 0 aliphatic heterocycles. The van der Waals surface area contributed by atoms with E-state index in [1.54, 1.807) is 14.2 Å². The zero-order chi connectivity index (χ0) is 16.0. The van der Waals surface area contributed by atoms with Crippen molar-refractivity contribution in [3.8, 4) is 11.5 Å². The summed E-state index contributed by atoms with van der Waals surface area (Å²) in [6, 6.07) is 5.87. The summed E-state index contributed by atoms with van der Waals surface area (Å²) in [6.45, 7) is 9.25. The Morgan fingerprint density at radius 3 is 2.24 bits per heavy atom. The molecule has 0 radical (unpaired) electrons. The van der Waals surface area contributed by atoms with Crippen molar-refractivity contribution < 1.29 is 14.2 Å². The average Bonchev–Trinajstić information content (AvgIpc) is 2.46. The SMILES string of the molecule is CCOC(C(NC)c1cc(OC)ccc1OC)C(C)(C)C. The standard InChI is InChI=1S/C17H29NO3/c1-8-21-16(17(2,3)4)15(18-5)13-11-12(19-6)9-10-14(13)20-7/h9-11,15-16,18H,8H2,1-7H3. The average molecular weight is 295 g/mol. The normalized spacial score (nSPS) is 14.6. The molecule has 120 valence electrons. The lowest BCUT2D eigenvalue weighted by Gasteiger charge is -2.37. The Kier molecular flexibility index (Phi) is 6.49. The number of methoxy groups -OCH3 is 2. The molecule has 0 fully saturated rings. The molecule has 0 aromatic heterocycles. The van der Waals surface area contributed by atoms with Crippen molar-refractivity contribution >= 4 is 0 Å². The molecule has 0 bridgehead atoms. The Labute approximate surface area is 128 Å². The molecule has 1 N–H and O–H groups in total. The molecular weight excluding hydrogens is 266 g/mol. The van der Waals surface area contributed by atoms with E-state index in [1.165, 1.54) is 0 Å². The quantitative estimate of drug-likeness (QED) is 0.836. The number of hydrogen-bond donors (Lipinski definition) is 1. The Balaban J connectivity index is 3.29. The molecule has 2 atom stereocenters. The van der Waals surface area contributed by atoms with Crippen LogP contribution in [0.25, 0.3) is 0 Å². The van der Waals surface area contributed by atoms with Crippen molar-refractivity contribution in [2.24, 2.45) is 5.41 Å². The van der Waals surface area contributed by atoms with Crippen LogP contribution < -0.4 is 14.8 Å². The number of hydrogen-bond acceptors (Lipinski definition) is 4. The van der Waals surface area contributed by atoms with Crippen molar-refractivity contribution in [3.05, 3.63) is 23.8 Å². The van der Waals surface area contributed by atoms with Crippen molar-refractivity contribution in [2.45, 2.75) is 39.8 Å². The minimum atomic E-state index is -0.00221. The maximum Gasteiger partial charge on any atom is 0.124 e. The van der Waals surface area contributed by atoms with Crippen LogP contribution in [0.5, 0.6) is 11.5 Å². The third kappa shape index (κ3) is 4.35. The minimum Gasteiger partial charge on any atom is -0.497 e. The third-order valence-corrected chi connectivity index (χ3v) is 3.59. The van der Waals surface area contributed by atoms with Crippen LogP contribution in [0.1, 0.15) is 39.3 Å². The van der Waals surface area contributed by atoms with E-state index in [-0.39, 0.29) is 17.6 Å². The van der Waals surface area contributed by atoms with E-state index in [0.717, 1.165) is 17.1 Å². The fourth-order valence-electron chi connectivity index (χ4n) is 2.58. The molecule has 0 saturated heterocycles. The van der Waals surface area contributed by atoms with Gasteiger partial charge in [0.25, 0.3) is 0 Å². The molecule has 0 saturated carbocycles. The fourth-order valence-corrected chi connectivity index (χ4v) is 2.58. The van der Waals surface area contributed by atoms with Gasteiger partial charge < -0.3 is 19.5 Å². The summed E-state index contributed by atoms with van der Waals surface area (Å²) < 4.78 is 16.9. The van der Waals surface area contributed by atoms with Crippen molar-refractivity contribution in [1.82, 2.24) is 5.32 Å². The van der Waals surface area contributed by atoms with E-state index < -0.39 is 0 Å². The van der Waals surface area contributed by atoms with Crippen LogP contribution in [-0.4, -0.2) is 34.0 Å². The van der Waals surface area contributed by atoms with Crippen molar-refractivity contribution in [1.29, 1.82) is 0 Å². The van der Waals surface area contributed by atoms with Gasteiger partial charge in [0.05, 0.1) is 26.4 Å². The number of likely N-dealkylation sites (N-methyl/N-ethyl adjacent to an activating group) is 1. The molecule has 1 rings (SSSR count). The van der Waals surface area contributed by atoms with Gasteiger partial charge in [-0.3, -0.25) is 0 Å². The first kappa shape index (κ1) is 17.8. The maximum atomic E-state index is 6.03. The second-order valence-electron chi connectivity index (χ2n) is 6.12. The predicted octanol–water partition coefficient (Wildman–Crippen LogP) is 3.42. The highest BCUT2D eigenvalue weighted by molar-refractivity contribution is 5.43. The van der Waals surface area contributed by atoms with Crippen LogP contribution in [-0.2, 0) is 4.74 Å². The van der Waals surface area contributed by atoms with Gasteiger partial charge in [-0.15, -0.1) is 0 Å². The Hall–Kier alpha value is -1.26. The summed E-state index contributed by atoms with van der Waals surface area (Å²) >= 11 is 0. The lowest BCUT2D eigenvalue weighted by molar-refractivity contribution is -0.0355. The molecule has 21 heavy (non-hydrogen) atoms. The summed E-state index contributed by atoms with van der Waals surface area (Å²) in [5.74, 6) is 1.65. The number of nitrogens with one attached hydrogen (secondary N) is 1. The first-order chi connectivity index (χ1) is 9.88. The van der Waals surface area contributed by atoms with Crippen LogP contribution >= 0.6 is 0 Å². The number of ether oxygens (including phenoxy) is 3. The van der Waals surface area contributed by atoms with Crippen LogP contribution in [0.4, 0.5) is 0 Å². The number of benzene rings is 1. The van der Waals surface area contributed by atoms with E-state index in [9.17, 15) is 0 Å². The monoisotopic (exact) mass is 295 g/mol. The molecule has 0 amide bonds. The lowest BCUT2D eigenvalue weighted by Crippen LogP contribution is -2.41. The summed E-state index contributed by atoms with van der Waals surface area (Å²) in [5.41, 5.74) is 1.05. The van der Waals surface area contributed by atoms with Gasteiger partial charge >= 0.3 is 0 Å². The van der Waals surface area contributed by atoms with Gasteiger partial charge in [-0.05, 0) is 37.6 Å². The predicted molar refractivity (Wildman–Crippen MR) is 86.2 cm³/mol. The molecule has 0 heterocycles. The van der Waals surface area contributed by atoms with E-state index in [4.69, 9.17) is 14.2 Å². The highest BCUT2D eigenvalue weighted by Crippen LogP contribution is 2.38. The van der Waals surface area contributed by atoms with Crippen LogP contribution in [0.2, 0.25) is 0 Å². The molecule has 4 nitrogen and oxygen atoms in total. The van der Waals surface area contributed by atoms with Crippen LogP contribution in [0.15, 0.2) is 18.2 Å². The van der Waals surface area contributed by atoms with Gasteiger partial charge in [0, 0.05) is 12.2 Å². The lowest BCUT2D eigenvalue weighted by atomic mass is 9.81. The Morgan fingerprint density at radius 1 is 1.14 bits per heavy atom. The Morgan fingerprint density at radius 2 is 1.81 bits per heavy atom. The second kappa shape index (κ2) is 7.66. The summed E-state index contributed by atoms with van der Waals surface area (Å²) in [6.07, 6.45) is 0.0218. The van der Waals surface area contributed by atoms with Crippen LogP contribution in [0, 0.1) is 5.41 Å². The van der Waals surface area contributed by atoms with Gasteiger partial charge in [0.15, 0.2) is 0 Å². The van der Waals surface area contributed by atoms with Crippen molar-refractivity contribution in [2.75, 3.05) is 27.9 Å². The number of rotatable bonds is 7. The van der Waals surface area contributed by atoms with Gasteiger partial charge in [-0.1, -0.05) is 20.8 Å². The van der Waals surface area contributed by atoms with Gasteiger partial charge in [0.2, 0.25) is 0 Å². The largest absolute Gasteiger partial charge is 0.497 e. The highest BCUT2D eigenvalue weighted by atomic mass is 16.5.